The van der Waals surface area contributed by atoms with Gasteiger partial charge in [-0.1, -0.05) is 24.3 Å². The van der Waals surface area contributed by atoms with Crippen LogP contribution in [-0.4, -0.2) is 45.6 Å². The van der Waals surface area contributed by atoms with E-state index in [1.807, 2.05) is 50.4 Å². The zero-order valence-electron chi connectivity index (χ0n) is 16.2. The van der Waals surface area contributed by atoms with Gasteiger partial charge in [-0.2, -0.15) is 0 Å². The standard InChI is InChI=1S/C21H27N3O3/c1-16-5-4-6-19(13-16)27-12-11-23-20(25)15-24(3)14-17-7-9-18(10-8-17)21(26)22-2/h4-10,13H,11-12,14-15H2,1-3H3,(H,22,26)(H,23,25)/p+1. The number of carbonyl (C=O) groups excluding carboxylic acids is 2. The predicted molar refractivity (Wildman–Crippen MR) is 105 cm³/mol. The molecule has 0 radical (unpaired) electrons. The highest BCUT2D eigenvalue weighted by molar-refractivity contribution is 5.93. The van der Waals surface area contributed by atoms with Crippen molar-refractivity contribution in [1.29, 1.82) is 0 Å². The van der Waals surface area contributed by atoms with E-state index in [-0.39, 0.29) is 11.8 Å². The van der Waals surface area contributed by atoms with Crippen LogP contribution in [0.1, 0.15) is 21.5 Å². The van der Waals surface area contributed by atoms with E-state index < -0.39 is 0 Å². The van der Waals surface area contributed by atoms with Crippen molar-refractivity contribution in [2.24, 2.45) is 0 Å². The minimum absolute atomic E-state index is 0.0117. The average molecular weight is 370 g/mol. The van der Waals surface area contributed by atoms with Crippen molar-refractivity contribution in [3.63, 3.8) is 0 Å². The molecule has 27 heavy (non-hydrogen) atoms. The van der Waals surface area contributed by atoms with Gasteiger partial charge in [-0.05, 0) is 36.8 Å². The van der Waals surface area contributed by atoms with Gasteiger partial charge >= 0.3 is 0 Å². The van der Waals surface area contributed by atoms with E-state index in [9.17, 15) is 9.59 Å². The van der Waals surface area contributed by atoms with Crippen molar-refractivity contribution in [3.05, 3.63) is 65.2 Å². The molecule has 0 fully saturated rings. The monoisotopic (exact) mass is 370 g/mol. The lowest BCUT2D eigenvalue weighted by atomic mass is 10.1. The van der Waals surface area contributed by atoms with Crippen molar-refractivity contribution in [3.8, 4) is 5.75 Å². The number of nitrogens with one attached hydrogen (secondary N) is 3. The largest absolute Gasteiger partial charge is 0.492 e. The molecule has 2 aromatic carbocycles. The van der Waals surface area contributed by atoms with Crippen molar-refractivity contribution in [2.45, 2.75) is 13.5 Å². The zero-order valence-corrected chi connectivity index (χ0v) is 16.2. The Labute approximate surface area is 160 Å². The van der Waals surface area contributed by atoms with Crippen molar-refractivity contribution in [1.82, 2.24) is 10.6 Å². The van der Waals surface area contributed by atoms with Gasteiger partial charge in [-0.3, -0.25) is 9.59 Å². The van der Waals surface area contributed by atoms with Crippen molar-refractivity contribution >= 4 is 11.8 Å². The molecule has 1 atom stereocenters. The smallest absolute Gasteiger partial charge is 0.275 e. The number of aryl methyl sites for hydroxylation is 1. The van der Waals surface area contributed by atoms with Crippen LogP contribution in [0, 0.1) is 6.92 Å². The highest BCUT2D eigenvalue weighted by Crippen LogP contribution is 2.11. The van der Waals surface area contributed by atoms with Gasteiger partial charge in [0.1, 0.15) is 18.9 Å². The third kappa shape index (κ3) is 7.11. The van der Waals surface area contributed by atoms with Crippen LogP contribution in [0.4, 0.5) is 0 Å². The second-order valence-corrected chi connectivity index (χ2v) is 6.60. The number of carbonyl (C=O) groups is 2. The normalized spacial score (nSPS) is 11.5. The molecule has 6 nitrogen and oxygen atoms in total. The van der Waals surface area contributed by atoms with Crippen LogP contribution in [0.3, 0.4) is 0 Å². The van der Waals surface area contributed by atoms with Gasteiger partial charge < -0.3 is 20.3 Å². The Kier molecular flexibility index (Phi) is 7.82. The fourth-order valence-corrected chi connectivity index (χ4v) is 2.73. The van der Waals surface area contributed by atoms with E-state index in [2.05, 4.69) is 10.6 Å². The van der Waals surface area contributed by atoms with Gasteiger partial charge in [0, 0.05) is 18.2 Å². The van der Waals surface area contributed by atoms with Crippen LogP contribution in [0.25, 0.3) is 0 Å². The number of quaternary nitrogens is 1. The Hall–Kier alpha value is -2.86. The quantitative estimate of drug-likeness (QED) is 0.565. The van der Waals surface area contributed by atoms with Crippen LogP contribution in [0.2, 0.25) is 0 Å². The molecule has 0 bridgehead atoms. The van der Waals surface area contributed by atoms with Gasteiger partial charge in [0.05, 0.1) is 13.6 Å². The first-order valence-corrected chi connectivity index (χ1v) is 9.06. The molecule has 0 aliphatic carbocycles. The first-order chi connectivity index (χ1) is 13.0. The predicted octanol–water partition coefficient (Wildman–Crippen LogP) is 0.565. The molecule has 0 spiro atoms. The topological polar surface area (TPSA) is 71.9 Å². The maximum Gasteiger partial charge on any atom is 0.275 e. The lowest BCUT2D eigenvalue weighted by Crippen LogP contribution is -3.08. The summed E-state index contributed by atoms with van der Waals surface area (Å²) in [4.78, 5) is 24.7. The van der Waals surface area contributed by atoms with E-state index in [0.717, 1.165) is 21.8 Å². The average Bonchev–Trinajstić information content (AvgIpc) is 2.65. The summed E-state index contributed by atoms with van der Waals surface area (Å²) in [5.41, 5.74) is 2.85. The van der Waals surface area contributed by atoms with Crippen LogP contribution >= 0.6 is 0 Å². The number of amides is 2. The van der Waals surface area contributed by atoms with Crippen LogP contribution in [0.5, 0.6) is 5.75 Å². The Morgan fingerprint density at radius 2 is 1.85 bits per heavy atom. The molecule has 0 heterocycles. The molecule has 0 aromatic heterocycles. The van der Waals surface area contributed by atoms with Crippen molar-refractivity contribution in [2.75, 3.05) is 33.8 Å². The number of rotatable bonds is 9. The lowest BCUT2D eigenvalue weighted by Gasteiger charge is -2.14. The maximum atomic E-state index is 12.1. The number of hydrogen-bond donors (Lipinski definition) is 3. The van der Waals surface area contributed by atoms with Crippen LogP contribution in [-0.2, 0) is 11.3 Å². The lowest BCUT2D eigenvalue weighted by molar-refractivity contribution is -0.885. The third-order valence-corrected chi connectivity index (χ3v) is 4.09. The minimum atomic E-state index is -0.102. The number of hydrogen-bond acceptors (Lipinski definition) is 3. The summed E-state index contributed by atoms with van der Waals surface area (Å²) in [6.45, 7) is 4.01. The molecule has 0 saturated heterocycles. The summed E-state index contributed by atoms with van der Waals surface area (Å²) < 4.78 is 5.62. The Balaban J connectivity index is 1.68. The molecule has 2 rings (SSSR count). The summed E-state index contributed by atoms with van der Waals surface area (Å²) in [6, 6.07) is 15.3. The Morgan fingerprint density at radius 1 is 1.11 bits per heavy atom. The van der Waals surface area contributed by atoms with Gasteiger partial charge in [0.15, 0.2) is 6.54 Å². The zero-order chi connectivity index (χ0) is 19.6. The molecule has 6 heteroatoms. The van der Waals surface area contributed by atoms with E-state index in [4.69, 9.17) is 4.74 Å². The Bertz CT molecular complexity index is 760. The van der Waals surface area contributed by atoms with Crippen LogP contribution < -0.4 is 20.3 Å². The molecule has 0 saturated carbocycles. The van der Waals surface area contributed by atoms with Gasteiger partial charge in [0.25, 0.3) is 11.8 Å². The second-order valence-electron chi connectivity index (χ2n) is 6.60. The molecular weight excluding hydrogens is 342 g/mol. The Morgan fingerprint density at radius 3 is 2.52 bits per heavy atom. The molecule has 1 unspecified atom stereocenters. The molecule has 2 amide bonds. The molecule has 0 aliphatic rings. The van der Waals surface area contributed by atoms with Gasteiger partial charge in [-0.25, -0.2) is 0 Å². The molecule has 144 valence electrons. The SMILES string of the molecule is CNC(=O)c1ccc(C[NH+](C)CC(=O)NCCOc2cccc(C)c2)cc1. The summed E-state index contributed by atoms with van der Waals surface area (Å²) in [5.74, 6) is 0.698. The molecule has 0 aliphatic heterocycles. The summed E-state index contributed by atoms with van der Waals surface area (Å²) in [7, 11) is 3.58. The van der Waals surface area contributed by atoms with E-state index in [1.165, 1.54) is 0 Å². The highest BCUT2D eigenvalue weighted by atomic mass is 16.5. The molecule has 3 N–H and O–H groups in total. The number of benzene rings is 2. The van der Waals surface area contributed by atoms with E-state index in [1.54, 1.807) is 19.2 Å². The number of likely N-dealkylation sites (N-methyl/N-ethyl adjacent to an activating group) is 1. The van der Waals surface area contributed by atoms with Gasteiger partial charge in [0.2, 0.25) is 0 Å². The fourth-order valence-electron chi connectivity index (χ4n) is 2.73. The van der Waals surface area contributed by atoms with Crippen LogP contribution in [0.15, 0.2) is 48.5 Å². The number of ether oxygens (including phenoxy) is 1. The first kappa shape index (κ1) is 20.5. The molecule has 2 aromatic rings. The maximum absolute atomic E-state index is 12.1. The van der Waals surface area contributed by atoms with Crippen molar-refractivity contribution < 1.29 is 19.2 Å². The third-order valence-electron chi connectivity index (χ3n) is 4.09. The fraction of sp³-hybridized carbons (Fsp3) is 0.333. The summed E-state index contributed by atoms with van der Waals surface area (Å²) in [6.07, 6.45) is 0. The van der Waals surface area contributed by atoms with E-state index >= 15 is 0 Å². The van der Waals surface area contributed by atoms with Gasteiger partial charge in [-0.15, -0.1) is 0 Å². The van der Waals surface area contributed by atoms with E-state index in [0.29, 0.717) is 31.8 Å². The highest BCUT2D eigenvalue weighted by Gasteiger charge is 2.11. The second kappa shape index (κ2) is 10.3. The first-order valence-electron chi connectivity index (χ1n) is 9.06. The molecular formula is C21H28N3O3+. The summed E-state index contributed by atoms with van der Waals surface area (Å²) >= 11 is 0. The minimum Gasteiger partial charge on any atom is -0.492 e. The summed E-state index contributed by atoms with van der Waals surface area (Å²) in [5, 5.41) is 5.48.